The van der Waals surface area contributed by atoms with Gasteiger partial charge in [0.1, 0.15) is 11.3 Å². The first kappa shape index (κ1) is 6.97. The fraction of sp³-hybridized carbons (Fsp3) is 0. The highest BCUT2D eigenvalue weighted by molar-refractivity contribution is 5.77. The molecule has 4 heteroatoms. The predicted molar refractivity (Wildman–Crippen MR) is 42.3 cm³/mol. The molecule has 2 rings (SSSR count). The van der Waals surface area contributed by atoms with Crippen molar-refractivity contribution in [3.63, 3.8) is 0 Å². The molecule has 2 aromatic rings. The Morgan fingerprint density at radius 1 is 1.42 bits per heavy atom. The third-order valence-electron chi connectivity index (χ3n) is 1.62. The zero-order valence-corrected chi connectivity index (χ0v) is 6.04. The largest absolute Gasteiger partial charge is 0.313 e. The predicted octanol–water partition coefficient (Wildman–Crippen LogP) is 1.06. The molecule has 0 aliphatic rings. The quantitative estimate of drug-likeness (QED) is 0.632. The highest BCUT2D eigenvalue weighted by Gasteiger charge is 2.02. The first-order valence-corrected chi connectivity index (χ1v) is 3.41. The molecule has 12 heavy (non-hydrogen) atoms. The van der Waals surface area contributed by atoms with E-state index in [2.05, 4.69) is 9.97 Å². The first-order chi connectivity index (χ1) is 5.79. The van der Waals surface area contributed by atoms with E-state index in [1.165, 1.54) is 24.5 Å². The number of rotatable bonds is 0. The van der Waals surface area contributed by atoms with Crippen LogP contribution in [0.1, 0.15) is 0 Å². The van der Waals surface area contributed by atoms with Crippen molar-refractivity contribution >= 4 is 10.9 Å². The number of halogens is 1. The summed E-state index contributed by atoms with van der Waals surface area (Å²) in [7, 11) is 0. The highest BCUT2D eigenvalue weighted by Crippen LogP contribution is 2.09. The van der Waals surface area contributed by atoms with Crippen molar-refractivity contribution in [1.82, 2.24) is 9.97 Å². The van der Waals surface area contributed by atoms with Crippen molar-refractivity contribution in [2.75, 3.05) is 0 Å². The van der Waals surface area contributed by atoms with Gasteiger partial charge in [0.15, 0.2) is 0 Å². The summed E-state index contributed by atoms with van der Waals surface area (Å²) in [5.41, 5.74) is -0.208. The van der Waals surface area contributed by atoms with Crippen LogP contribution >= 0.6 is 0 Å². The molecule has 0 spiro atoms. The van der Waals surface area contributed by atoms with Crippen LogP contribution in [0.4, 0.5) is 4.39 Å². The Balaban J connectivity index is 3.05. The number of H-pyrrole nitrogens is 1. The summed E-state index contributed by atoms with van der Waals surface area (Å²) in [4.78, 5) is 17.1. The fourth-order valence-corrected chi connectivity index (χ4v) is 1.06. The minimum atomic E-state index is -0.474. The third kappa shape index (κ3) is 0.887. The van der Waals surface area contributed by atoms with E-state index in [-0.39, 0.29) is 16.5 Å². The summed E-state index contributed by atoms with van der Waals surface area (Å²) in [6, 6.07) is 4.29. The van der Waals surface area contributed by atoms with Crippen LogP contribution in [0.2, 0.25) is 0 Å². The van der Waals surface area contributed by atoms with Gasteiger partial charge in [-0.15, -0.1) is 0 Å². The Kier molecular flexibility index (Phi) is 1.40. The maximum Gasteiger partial charge on any atom is 0.258 e. The van der Waals surface area contributed by atoms with E-state index in [0.717, 1.165) is 0 Å². The third-order valence-corrected chi connectivity index (χ3v) is 1.62. The average Bonchev–Trinajstić information content (AvgIpc) is 2.07. The average molecular weight is 164 g/mol. The zero-order valence-electron chi connectivity index (χ0n) is 6.04. The smallest absolute Gasteiger partial charge is 0.258 e. The number of benzene rings is 1. The molecule has 0 saturated heterocycles. The van der Waals surface area contributed by atoms with E-state index in [4.69, 9.17) is 0 Å². The minimum Gasteiger partial charge on any atom is -0.313 e. The number of hydrogen-bond donors (Lipinski definition) is 1. The van der Waals surface area contributed by atoms with E-state index >= 15 is 0 Å². The lowest BCUT2D eigenvalue weighted by molar-refractivity contribution is 0.636. The monoisotopic (exact) mass is 164 g/mol. The molecule has 1 heterocycles. The van der Waals surface area contributed by atoms with Crippen LogP contribution < -0.4 is 5.56 Å². The van der Waals surface area contributed by atoms with Gasteiger partial charge in [-0.1, -0.05) is 6.07 Å². The second-order valence-electron chi connectivity index (χ2n) is 2.37. The van der Waals surface area contributed by atoms with Gasteiger partial charge in [0.05, 0.1) is 11.7 Å². The molecule has 0 fully saturated rings. The number of nitrogens with one attached hydrogen (secondary N) is 1. The maximum atomic E-state index is 13.0. The van der Waals surface area contributed by atoms with E-state index in [1.54, 1.807) is 0 Å². The van der Waals surface area contributed by atoms with Gasteiger partial charge in [0.25, 0.3) is 5.56 Å². The molecule has 0 atom stereocenters. The minimum absolute atomic E-state index is 0.112. The highest BCUT2D eigenvalue weighted by atomic mass is 19.1. The van der Waals surface area contributed by atoms with Crippen molar-refractivity contribution in [3.8, 4) is 0 Å². The van der Waals surface area contributed by atoms with Crippen LogP contribution in [-0.2, 0) is 0 Å². The van der Waals surface area contributed by atoms with Gasteiger partial charge in [-0.3, -0.25) is 4.79 Å². The van der Waals surface area contributed by atoms with Crippen LogP contribution in [0.15, 0.2) is 29.3 Å². The number of hydrogen-bond acceptors (Lipinski definition) is 2. The van der Waals surface area contributed by atoms with Crippen LogP contribution in [0.25, 0.3) is 10.9 Å². The Bertz CT molecular complexity index is 478. The van der Waals surface area contributed by atoms with Gasteiger partial charge in [-0.05, 0) is 12.1 Å². The van der Waals surface area contributed by atoms with Crippen LogP contribution in [0, 0.1) is 5.82 Å². The molecule has 0 bridgehead atoms. The molecule has 0 aliphatic heterocycles. The van der Waals surface area contributed by atoms with Crippen molar-refractivity contribution in [3.05, 3.63) is 40.7 Å². The summed E-state index contributed by atoms with van der Waals surface area (Å²) >= 11 is 0. The zero-order chi connectivity index (χ0) is 8.55. The van der Waals surface area contributed by atoms with Crippen LogP contribution in [0.3, 0.4) is 0 Å². The van der Waals surface area contributed by atoms with Gasteiger partial charge >= 0.3 is 0 Å². The number of nitrogens with zero attached hydrogens (tertiary/aromatic N) is 1. The Morgan fingerprint density at radius 3 is 3.00 bits per heavy atom. The van der Waals surface area contributed by atoms with Crippen molar-refractivity contribution in [1.29, 1.82) is 0 Å². The molecule has 0 saturated carbocycles. The second-order valence-corrected chi connectivity index (χ2v) is 2.37. The molecular weight excluding hydrogens is 159 g/mol. The van der Waals surface area contributed by atoms with Crippen LogP contribution in [-0.4, -0.2) is 9.97 Å². The summed E-state index contributed by atoms with van der Waals surface area (Å²) in [5.74, 6) is -0.474. The summed E-state index contributed by atoms with van der Waals surface area (Å²) < 4.78 is 13.0. The van der Waals surface area contributed by atoms with Gasteiger partial charge in [-0.2, -0.15) is 0 Å². The molecule has 0 unspecified atom stereocenters. The molecule has 60 valence electrons. The van der Waals surface area contributed by atoms with E-state index < -0.39 is 5.82 Å². The molecule has 1 aromatic carbocycles. The Labute approximate surface area is 66.9 Å². The summed E-state index contributed by atoms with van der Waals surface area (Å²) in [6.45, 7) is 0. The SMILES string of the molecule is O=c1[nH]cnc2c(F)cccc12. The van der Waals surface area contributed by atoms with Crippen molar-refractivity contribution in [2.24, 2.45) is 0 Å². The van der Waals surface area contributed by atoms with E-state index in [1.807, 2.05) is 0 Å². The summed E-state index contributed by atoms with van der Waals surface area (Å²) in [6.07, 6.45) is 1.19. The molecular formula is C8H5FN2O. The molecule has 0 amide bonds. The molecule has 1 N–H and O–H groups in total. The lowest BCUT2D eigenvalue weighted by Gasteiger charge is -1.94. The maximum absolute atomic E-state index is 13.0. The van der Waals surface area contributed by atoms with Gasteiger partial charge in [0.2, 0.25) is 0 Å². The van der Waals surface area contributed by atoms with Crippen molar-refractivity contribution in [2.45, 2.75) is 0 Å². The second kappa shape index (κ2) is 2.41. The molecule has 1 aromatic heterocycles. The lowest BCUT2D eigenvalue weighted by Crippen LogP contribution is -2.06. The molecule has 0 aliphatic carbocycles. The summed E-state index contributed by atoms with van der Waals surface area (Å²) in [5, 5.41) is 0.275. The van der Waals surface area contributed by atoms with Crippen LogP contribution in [0.5, 0.6) is 0 Å². The van der Waals surface area contributed by atoms with Gasteiger partial charge < -0.3 is 4.98 Å². The first-order valence-electron chi connectivity index (χ1n) is 3.41. The number of aromatic amines is 1. The van der Waals surface area contributed by atoms with E-state index in [9.17, 15) is 9.18 Å². The number of aromatic nitrogens is 2. The normalized spacial score (nSPS) is 10.4. The molecule has 0 radical (unpaired) electrons. The fourth-order valence-electron chi connectivity index (χ4n) is 1.06. The Morgan fingerprint density at radius 2 is 2.25 bits per heavy atom. The Hall–Kier alpha value is -1.71. The lowest BCUT2D eigenvalue weighted by atomic mass is 10.2. The standard InChI is InChI=1S/C8H5FN2O/c9-6-3-1-2-5-7(6)10-4-11-8(5)12/h1-4H,(H,10,11,12). The van der Waals surface area contributed by atoms with Crippen molar-refractivity contribution < 1.29 is 4.39 Å². The van der Waals surface area contributed by atoms with E-state index in [0.29, 0.717) is 0 Å². The topological polar surface area (TPSA) is 45.8 Å². The molecule has 3 nitrogen and oxygen atoms in total. The van der Waals surface area contributed by atoms with Gasteiger partial charge in [0, 0.05) is 0 Å². The number of para-hydroxylation sites is 1. The number of fused-ring (bicyclic) bond motifs is 1. The van der Waals surface area contributed by atoms with Gasteiger partial charge in [-0.25, -0.2) is 9.37 Å².